The fourth-order valence-corrected chi connectivity index (χ4v) is 6.50. The first kappa shape index (κ1) is 22.5. The molecule has 1 amide bonds. The fourth-order valence-electron chi connectivity index (χ4n) is 6.50. The minimum atomic E-state index is -0.826. The van der Waals surface area contributed by atoms with Crippen LogP contribution in [0.2, 0.25) is 0 Å². The van der Waals surface area contributed by atoms with Gasteiger partial charge in [0.15, 0.2) is 0 Å². The first-order valence-corrected chi connectivity index (χ1v) is 12.3. The summed E-state index contributed by atoms with van der Waals surface area (Å²) < 4.78 is 11.8. The van der Waals surface area contributed by atoms with E-state index in [4.69, 9.17) is 9.47 Å². The molecule has 0 bridgehead atoms. The summed E-state index contributed by atoms with van der Waals surface area (Å²) in [5, 5.41) is 21.0. The van der Waals surface area contributed by atoms with Gasteiger partial charge in [0.25, 0.3) is 0 Å². The van der Waals surface area contributed by atoms with E-state index in [1.54, 1.807) is 7.11 Å². The van der Waals surface area contributed by atoms with Crippen LogP contribution in [0.3, 0.4) is 0 Å². The van der Waals surface area contributed by atoms with Gasteiger partial charge in [0.2, 0.25) is 5.91 Å². The van der Waals surface area contributed by atoms with Crippen molar-refractivity contribution in [2.24, 2.45) is 23.7 Å². The Balaban J connectivity index is 1.39. The van der Waals surface area contributed by atoms with Crippen LogP contribution in [0.25, 0.3) is 0 Å². The van der Waals surface area contributed by atoms with Gasteiger partial charge in [-0.05, 0) is 56.3 Å². The SMILES string of the molecule is COC1CCC2CCN(C(=O)C3C(O)CC(O)CC3OCC3CCCCC3)CC2C1. The molecule has 3 aliphatic carbocycles. The molecule has 6 nitrogen and oxygen atoms in total. The molecule has 0 aromatic carbocycles. The van der Waals surface area contributed by atoms with E-state index in [9.17, 15) is 15.0 Å². The molecule has 4 fully saturated rings. The van der Waals surface area contributed by atoms with Gasteiger partial charge in [-0.1, -0.05) is 19.3 Å². The second-order valence-electron chi connectivity index (χ2n) is 10.4. The Kier molecular flexibility index (Phi) is 7.71. The summed E-state index contributed by atoms with van der Waals surface area (Å²) in [6.07, 6.45) is 9.81. The summed E-state index contributed by atoms with van der Waals surface area (Å²) in [6, 6.07) is 0. The standard InChI is InChI=1S/C24H41NO5/c1-29-20-8-7-17-9-10-25(14-18(17)11-20)24(28)23-21(27)12-19(26)13-22(23)30-15-16-5-3-2-4-6-16/h16-23,26-27H,2-15H2,1H3. The highest BCUT2D eigenvalue weighted by molar-refractivity contribution is 5.80. The molecular formula is C24H41NO5. The lowest BCUT2D eigenvalue weighted by atomic mass is 9.73. The maximum atomic E-state index is 13.5. The van der Waals surface area contributed by atoms with Crippen LogP contribution < -0.4 is 0 Å². The lowest BCUT2D eigenvalue weighted by Crippen LogP contribution is -2.55. The number of likely N-dealkylation sites (tertiary alicyclic amines) is 1. The topological polar surface area (TPSA) is 79.2 Å². The second kappa shape index (κ2) is 10.3. The number of rotatable bonds is 5. The molecule has 6 heteroatoms. The molecule has 1 aliphatic heterocycles. The molecule has 30 heavy (non-hydrogen) atoms. The summed E-state index contributed by atoms with van der Waals surface area (Å²) in [5.74, 6) is 1.22. The minimum Gasteiger partial charge on any atom is -0.393 e. The molecule has 4 rings (SSSR count). The van der Waals surface area contributed by atoms with Crippen LogP contribution >= 0.6 is 0 Å². The number of aliphatic hydroxyl groups is 2. The van der Waals surface area contributed by atoms with E-state index in [0.717, 1.165) is 32.4 Å². The van der Waals surface area contributed by atoms with Crippen molar-refractivity contribution in [1.29, 1.82) is 0 Å². The zero-order valence-corrected chi connectivity index (χ0v) is 18.6. The number of amides is 1. The van der Waals surface area contributed by atoms with Gasteiger partial charge in [-0.2, -0.15) is 0 Å². The van der Waals surface area contributed by atoms with Crippen molar-refractivity contribution >= 4 is 5.91 Å². The Bertz CT molecular complexity index is 566. The number of nitrogens with zero attached hydrogens (tertiary/aromatic N) is 1. The fraction of sp³-hybridized carbons (Fsp3) is 0.958. The monoisotopic (exact) mass is 423 g/mol. The van der Waals surface area contributed by atoms with Gasteiger partial charge in [-0.3, -0.25) is 4.79 Å². The van der Waals surface area contributed by atoms with Gasteiger partial charge < -0.3 is 24.6 Å². The summed E-state index contributed by atoms with van der Waals surface area (Å²) in [5.41, 5.74) is 0. The average Bonchev–Trinajstić information content (AvgIpc) is 2.76. The van der Waals surface area contributed by atoms with E-state index in [0.29, 0.717) is 36.9 Å². The molecule has 2 N–H and O–H groups in total. The Morgan fingerprint density at radius 2 is 1.77 bits per heavy atom. The van der Waals surface area contributed by atoms with Crippen molar-refractivity contribution in [2.45, 2.75) is 95.0 Å². The normalized spacial score (nSPS) is 40.8. The van der Waals surface area contributed by atoms with Crippen molar-refractivity contribution in [1.82, 2.24) is 4.90 Å². The van der Waals surface area contributed by atoms with Gasteiger partial charge in [0.05, 0.1) is 30.3 Å². The molecule has 172 valence electrons. The highest BCUT2D eigenvalue weighted by atomic mass is 16.5. The van der Waals surface area contributed by atoms with Crippen molar-refractivity contribution in [3.8, 4) is 0 Å². The molecule has 3 saturated carbocycles. The van der Waals surface area contributed by atoms with E-state index in [1.807, 2.05) is 4.90 Å². The van der Waals surface area contributed by atoms with Crippen LogP contribution in [0.1, 0.15) is 70.6 Å². The van der Waals surface area contributed by atoms with E-state index < -0.39 is 18.1 Å². The lowest BCUT2D eigenvalue weighted by Gasteiger charge is -2.46. The molecule has 4 aliphatic rings. The Labute approximate surface area is 181 Å². The third-order valence-corrected chi connectivity index (χ3v) is 8.35. The third kappa shape index (κ3) is 5.20. The van der Waals surface area contributed by atoms with Gasteiger partial charge in [-0.15, -0.1) is 0 Å². The number of piperidine rings is 1. The third-order valence-electron chi connectivity index (χ3n) is 8.35. The number of hydrogen-bond donors (Lipinski definition) is 2. The maximum absolute atomic E-state index is 13.5. The number of carbonyl (C=O) groups is 1. The van der Waals surface area contributed by atoms with Crippen LogP contribution in [-0.2, 0) is 14.3 Å². The van der Waals surface area contributed by atoms with Crippen LogP contribution in [-0.4, -0.2) is 72.2 Å². The van der Waals surface area contributed by atoms with Crippen LogP contribution in [0, 0.1) is 23.7 Å². The predicted molar refractivity (Wildman–Crippen MR) is 114 cm³/mol. The van der Waals surface area contributed by atoms with Crippen LogP contribution in [0.4, 0.5) is 0 Å². The van der Waals surface area contributed by atoms with Crippen molar-refractivity contribution in [3.05, 3.63) is 0 Å². The molecule has 1 saturated heterocycles. The number of hydrogen-bond acceptors (Lipinski definition) is 5. The van der Waals surface area contributed by atoms with Crippen LogP contribution in [0.15, 0.2) is 0 Å². The molecule has 7 atom stereocenters. The van der Waals surface area contributed by atoms with Crippen molar-refractivity contribution in [2.75, 3.05) is 26.8 Å². The van der Waals surface area contributed by atoms with Gasteiger partial charge in [-0.25, -0.2) is 0 Å². The smallest absolute Gasteiger partial charge is 0.230 e. The molecule has 0 aromatic heterocycles. The van der Waals surface area contributed by atoms with Crippen molar-refractivity contribution in [3.63, 3.8) is 0 Å². The number of fused-ring (bicyclic) bond motifs is 1. The Morgan fingerprint density at radius 1 is 0.967 bits per heavy atom. The quantitative estimate of drug-likeness (QED) is 0.711. The predicted octanol–water partition coefficient (Wildman–Crippen LogP) is 2.75. The number of aliphatic hydroxyl groups excluding tert-OH is 2. The van der Waals surface area contributed by atoms with Gasteiger partial charge in [0, 0.05) is 39.6 Å². The van der Waals surface area contributed by atoms with Crippen LogP contribution in [0.5, 0.6) is 0 Å². The van der Waals surface area contributed by atoms with Crippen molar-refractivity contribution < 1.29 is 24.5 Å². The zero-order chi connectivity index (χ0) is 21.1. The summed E-state index contributed by atoms with van der Waals surface area (Å²) in [7, 11) is 1.79. The summed E-state index contributed by atoms with van der Waals surface area (Å²) in [4.78, 5) is 15.5. The average molecular weight is 424 g/mol. The first-order chi connectivity index (χ1) is 14.5. The molecule has 0 spiro atoms. The summed E-state index contributed by atoms with van der Waals surface area (Å²) >= 11 is 0. The number of ether oxygens (including phenoxy) is 2. The first-order valence-electron chi connectivity index (χ1n) is 12.3. The minimum absolute atomic E-state index is 0.0287. The molecule has 0 aromatic rings. The van der Waals surface area contributed by atoms with Gasteiger partial charge in [0.1, 0.15) is 0 Å². The molecule has 1 heterocycles. The zero-order valence-electron chi connectivity index (χ0n) is 18.6. The molecule has 0 radical (unpaired) electrons. The highest BCUT2D eigenvalue weighted by Crippen LogP contribution is 2.39. The van der Waals surface area contributed by atoms with E-state index in [1.165, 1.54) is 38.5 Å². The molecular weight excluding hydrogens is 382 g/mol. The van der Waals surface area contributed by atoms with E-state index >= 15 is 0 Å². The lowest BCUT2D eigenvalue weighted by molar-refractivity contribution is -0.162. The Hall–Kier alpha value is -0.690. The number of methoxy groups -OCH3 is 1. The maximum Gasteiger partial charge on any atom is 0.230 e. The second-order valence-corrected chi connectivity index (χ2v) is 10.4. The Morgan fingerprint density at radius 3 is 2.53 bits per heavy atom. The van der Waals surface area contributed by atoms with E-state index in [-0.39, 0.29) is 18.4 Å². The largest absolute Gasteiger partial charge is 0.393 e. The van der Waals surface area contributed by atoms with E-state index in [2.05, 4.69) is 0 Å². The van der Waals surface area contributed by atoms with Gasteiger partial charge >= 0.3 is 0 Å². The number of carbonyl (C=O) groups excluding carboxylic acids is 1. The highest BCUT2D eigenvalue weighted by Gasteiger charge is 2.45. The summed E-state index contributed by atoms with van der Waals surface area (Å²) in [6.45, 7) is 2.19. The molecule has 7 unspecified atom stereocenters.